The molecule has 0 radical (unpaired) electrons. The van der Waals surface area contributed by atoms with E-state index in [0.29, 0.717) is 35.2 Å². The van der Waals surface area contributed by atoms with Crippen LogP contribution in [-0.2, 0) is 22.3 Å². The predicted molar refractivity (Wildman–Crippen MR) is 122 cm³/mol. The Hall–Kier alpha value is -3.45. The number of fused-ring (bicyclic) bond motifs is 2. The molecule has 6 nitrogen and oxygen atoms in total. The topological polar surface area (TPSA) is 73.2 Å². The molecule has 0 saturated heterocycles. The van der Waals surface area contributed by atoms with Gasteiger partial charge in [-0.15, -0.1) is 0 Å². The Balaban J connectivity index is 1.62. The van der Waals surface area contributed by atoms with E-state index < -0.39 is 10.8 Å². The number of benzene rings is 3. The second-order valence-corrected chi connectivity index (χ2v) is 8.75. The number of hydrogen-bond acceptors (Lipinski definition) is 4. The average molecular weight is 432 g/mol. The highest BCUT2D eigenvalue weighted by atomic mass is 32.2. The maximum Gasteiger partial charge on any atom is 0.261 e. The fourth-order valence-electron chi connectivity index (χ4n) is 3.94. The Labute approximate surface area is 182 Å². The maximum absolute atomic E-state index is 13.6. The van der Waals surface area contributed by atoms with Crippen molar-refractivity contribution in [2.75, 3.05) is 11.9 Å². The minimum Gasteiger partial charge on any atom is -0.493 e. The van der Waals surface area contributed by atoms with Crippen LogP contribution in [0.1, 0.15) is 28.5 Å². The summed E-state index contributed by atoms with van der Waals surface area (Å²) in [7, 11) is -1.00. The molecule has 1 aliphatic heterocycles. The summed E-state index contributed by atoms with van der Waals surface area (Å²) in [6.45, 7) is 2.35. The first kappa shape index (κ1) is 19.5. The van der Waals surface area contributed by atoms with E-state index in [-0.39, 0.29) is 5.91 Å². The lowest BCUT2D eigenvalue weighted by Gasteiger charge is -2.15. The minimum absolute atomic E-state index is 0.280. The second-order valence-electron chi connectivity index (χ2n) is 7.30. The van der Waals surface area contributed by atoms with Crippen molar-refractivity contribution < 1.29 is 13.7 Å². The van der Waals surface area contributed by atoms with Gasteiger partial charge in [0.2, 0.25) is 0 Å². The molecule has 1 aliphatic rings. The first-order chi connectivity index (χ1) is 15.2. The molecule has 2 heterocycles. The van der Waals surface area contributed by atoms with Gasteiger partial charge in [-0.1, -0.05) is 48.5 Å². The summed E-state index contributed by atoms with van der Waals surface area (Å²) in [5, 5.41) is 9.50. The Kier molecular flexibility index (Phi) is 5.03. The van der Waals surface area contributed by atoms with Crippen molar-refractivity contribution in [2.45, 2.75) is 18.4 Å². The normalized spacial score (nSPS) is 15.1. The lowest BCUT2D eigenvalue weighted by atomic mass is 10.0. The number of rotatable bonds is 5. The number of nitrogens with one attached hydrogen (secondary N) is 1. The van der Waals surface area contributed by atoms with Crippen LogP contribution in [-0.4, -0.2) is 26.5 Å². The molecule has 0 bridgehead atoms. The summed E-state index contributed by atoms with van der Waals surface area (Å²) in [6.07, 6.45) is 0. The number of carbonyl (C=O) groups is 1. The van der Waals surface area contributed by atoms with Gasteiger partial charge >= 0.3 is 0 Å². The number of para-hydroxylation sites is 1. The number of hydrogen-bond donors (Lipinski definition) is 1. The lowest BCUT2D eigenvalue weighted by molar-refractivity contribution is 0.102. The molecular formula is C24H21N3O3S. The van der Waals surface area contributed by atoms with Crippen LogP contribution in [0, 0.1) is 0 Å². The molecule has 0 spiro atoms. The summed E-state index contributed by atoms with van der Waals surface area (Å²) in [5.41, 5.74) is 2.91. The molecule has 0 fully saturated rings. The zero-order chi connectivity index (χ0) is 21.4. The Bertz CT molecular complexity index is 1310. The van der Waals surface area contributed by atoms with Gasteiger partial charge in [-0.2, -0.15) is 5.10 Å². The van der Waals surface area contributed by atoms with E-state index in [1.54, 1.807) is 4.68 Å². The number of amides is 1. The number of carbonyl (C=O) groups excluding carboxylic acids is 1. The van der Waals surface area contributed by atoms with Gasteiger partial charge in [-0.25, -0.2) is 4.68 Å². The van der Waals surface area contributed by atoms with E-state index in [1.807, 2.05) is 73.7 Å². The van der Waals surface area contributed by atoms with Crippen LogP contribution in [0.3, 0.4) is 0 Å². The summed E-state index contributed by atoms with van der Waals surface area (Å²) in [5.74, 6) is 1.59. The lowest BCUT2D eigenvalue weighted by Crippen LogP contribution is -2.18. The molecule has 31 heavy (non-hydrogen) atoms. The van der Waals surface area contributed by atoms with Gasteiger partial charge < -0.3 is 10.1 Å². The fraction of sp³-hybridized carbons (Fsp3) is 0.167. The van der Waals surface area contributed by atoms with Crippen LogP contribution in [0.2, 0.25) is 0 Å². The highest BCUT2D eigenvalue weighted by Crippen LogP contribution is 2.34. The third kappa shape index (κ3) is 3.51. The molecule has 0 unspecified atom stereocenters. The molecule has 3 aromatic carbocycles. The zero-order valence-electron chi connectivity index (χ0n) is 17.0. The molecule has 7 heteroatoms. The van der Waals surface area contributed by atoms with Crippen LogP contribution in [0.25, 0.3) is 16.5 Å². The van der Waals surface area contributed by atoms with E-state index >= 15 is 0 Å². The standard InChI is InChI=1S/C24H21N3O3S/c1-2-30-21-13-12-16-8-6-7-11-18(16)22(21)24(28)25-23-19-14-31(29)15-20(19)26-27(23)17-9-4-3-5-10-17/h3-13H,2,14-15H2,1H3,(H,25,28)/t31-/m0/s1. The predicted octanol–water partition coefficient (Wildman–Crippen LogP) is 4.44. The average Bonchev–Trinajstić information content (AvgIpc) is 3.31. The zero-order valence-corrected chi connectivity index (χ0v) is 17.8. The quantitative estimate of drug-likeness (QED) is 0.507. The maximum atomic E-state index is 13.6. The van der Waals surface area contributed by atoms with Gasteiger partial charge in [0.25, 0.3) is 5.91 Å². The van der Waals surface area contributed by atoms with E-state index in [2.05, 4.69) is 10.4 Å². The minimum atomic E-state index is -1.00. The van der Waals surface area contributed by atoms with Crippen LogP contribution < -0.4 is 10.1 Å². The van der Waals surface area contributed by atoms with Gasteiger partial charge in [-0.3, -0.25) is 9.00 Å². The summed E-state index contributed by atoms with van der Waals surface area (Å²) in [6, 6.07) is 21.1. The van der Waals surface area contributed by atoms with Crippen molar-refractivity contribution in [3.05, 3.63) is 83.6 Å². The van der Waals surface area contributed by atoms with Crippen LogP contribution in [0.4, 0.5) is 5.82 Å². The van der Waals surface area contributed by atoms with E-state index in [1.165, 1.54) is 0 Å². The van der Waals surface area contributed by atoms with Gasteiger partial charge in [0, 0.05) is 16.4 Å². The number of aromatic nitrogens is 2. The van der Waals surface area contributed by atoms with Gasteiger partial charge in [0.1, 0.15) is 11.6 Å². The largest absolute Gasteiger partial charge is 0.493 e. The first-order valence-electron chi connectivity index (χ1n) is 10.1. The van der Waals surface area contributed by atoms with Crippen molar-refractivity contribution in [3.8, 4) is 11.4 Å². The molecular weight excluding hydrogens is 410 g/mol. The van der Waals surface area contributed by atoms with E-state index in [9.17, 15) is 9.00 Å². The molecule has 1 N–H and O–H groups in total. The van der Waals surface area contributed by atoms with E-state index in [0.717, 1.165) is 27.7 Å². The van der Waals surface area contributed by atoms with Crippen LogP contribution in [0.5, 0.6) is 5.75 Å². The molecule has 4 aromatic rings. The van der Waals surface area contributed by atoms with Crippen LogP contribution >= 0.6 is 0 Å². The smallest absolute Gasteiger partial charge is 0.261 e. The van der Waals surface area contributed by atoms with Gasteiger partial charge in [0.05, 0.1) is 35.1 Å². The Morgan fingerprint density at radius 1 is 1.06 bits per heavy atom. The summed E-state index contributed by atoms with van der Waals surface area (Å²) in [4.78, 5) is 13.6. The number of ether oxygens (including phenoxy) is 1. The molecule has 5 rings (SSSR count). The monoisotopic (exact) mass is 431 g/mol. The molecule has 0 saturated carbocycles. The van der Waals surface area contributed by atoms with Crippen molar-refractivity contribution >= 4 is 33.3 Å². The highest BCUT2D eigenvalue weighted by Gasteiger charge is 2.29. The second kappa shape index (κ2) is 8.00. The van der Waals surface area contributed by atoms with Crippen molar-refractivity contribution in [1.29, 1.82) is 0 Å². The van der Waals surface area contributed by atoms with Crippen molar-refractivity contribution in [1.82, 2.24) is 9.78 Å². The van der Waals surface area contributed by atoms with Crippen LogP contribution in [0.15, 0.2) is 66.7 Å². The Morgan fingerprint density at radius 3 is 2.65 bits per heavy atom. The third-order valence-electron chi connectivity index (χ3n) is 5.32. The van der Waals surface area contributed by atoms with Gasteiger partial charge in [0.15, 0.2) is 0 Å². The summed E-state index contributed by atoms with van der Waals surface area (Å²) < 4.78 is 19.7. The summed E-state index contributed by atoms with van der Waals surface area (Å²) >= 11 is 0. The van der Waals surface area contributed by atoms with Gasteiger partial charge in [-0.05, 0) is 35.9 Å². The number of anilines is 1. The molecule has 156 valence electrons. The SMILES string of the molecule is CCOc1ccc2ccccc2c1C(=O)Nc1c2c(nn1-c1ccccc1)C[S@@](=O)C2. The first-order valence-corrected chi connectivity index (χ1v) is 11.6. The fourth-order valence-corrected chi connectivity index (χ4v) is 5.21. The van der Waals surface area contributed by atoms with E-state index in [4.69, 9.17) is 4.74 Å². The molecule has 1 amide bonds. The highest BCUT2D eigenvalue weighted by molar-refractivity contribution is 7.83. The third-order valence-corrected chi connectivity index (χ3v) is 6.53. The Morgan fingerprint density at radius 2 is 1.84 bits per heavy atom. The molecule has 1 aromatic heterocycles. The van der Waals surface area contributed by atoms with Crippen molar-refractivity contribution in [2.24, 2.45) is 0 Å². The van der Waals surface area contributed by atoms with Crippen molar-refractivity contribution in [3.63, 3.8) is 0 Å². The number of nitrogens with zero attached hydrogens (tertiary/aromatic N) is 2. The molecule has 1 atom stereocenters. The molecule has 0 aliphatic carbocycles.